The fourth-order valence-electron chi connectivity index (χ4n) is 1.95. The number of hydrogen-bond donors (Lipinski definition) is 2. The molecule has 3 N–H and O–H groups in total. The fraction of sp³-hybridized carbons (Fsp3) is 0.235. The maximum atomic E-state index is 12.1. The van der Waals surface area contributed by atoms with E-state index in [4.69, 9.17) is 5.73 Å². The van der Waals surface area contributed by atoms with Crippen LogP contribution >= 0.6 is 0 Å². The number of ketones is 1. The van der Waals surface area contributed by atoms with Gasteiger partial charge >= 0.3 is 0 Å². The Morgan fingerprint density at radius 3 is 2.45 bits per heavy atom. The molecule has 3 nitrogen and oxygen atoms in total. The van der Waals surface area contributed by atoms with Gasteiger partial charge in [-0.15, -0.1) is 0 Å². The zero-order valence-electron chi connectivity index (χ0n) is 11.9. The van der Waals surface area contributed by atoms with Crippen LogP contribution in [0.1, 0.15) is 27.9 Å². The van der Waals surface area contributed by atoms with E-state index in [0.717, 1.165) is 11.3 Å². The molecule has 0 heterocycles. The standard InChI is InChI=1S/C17H20N2O/c1-12-3-7-15(8-4-12)19-10-9-17(20)14-6-5-13(2)16(18)11-14/h3-8,11,19H,9-10,18H2,1-2H3. The lowest BCUT2D eigenvalue weighted by Crippen LogP contribution is -2.09. The van der Waals surface area contributed by atoms with Gasteiger partial charge in [0.1, 0.15) is 0 Å². The summed E-state index contributed by atoms with van der Waals surface area (Å²) in [7, 11) is 0. The average Bonchev–Trinajstić information content (AvgIpc) is 2.44. The third-order valence-electron chi connectivity index (χ3n) is 3.33. The van der Waals surface area contributed by atoms with E-state index in [-0.39, 0.29) is 5.78 Å². The fourth-order valence-corrected chi connectivity index (χ4v) is 1.95. The number of carbonyl (C=O) groups excluding carboxylic acids is 1. The lowest BCUT2D eigenvalue weighted by molar-refractivity contribution is 0.0986. The summed E-state index contributed by atoms with van der Waals surface area (Å²) < 4.78 is 0. The van der Waals surface area contributed by atoms with Gasteiger partial charge in [0.25, 0.3) is 0 Å². The molecule has 0 aliphatic carbocycles. The van der Waals surface area contributed by atoms with Crippen LogP contribution in [-0.4, -0.2) is 12.3 Å². The average molecular weight is 268 g/mol. The highest BCUT2D eigenvalue weighted by Crippen LogP contribution is 2.15. The van der Waals surface area contributed by atoms with E-state index < -0.39 is 0 Å². The number of nitrogens with one attached hydrogen (secondary N) is 1. The highest BCUT2D eigenvalue weighted by atomic mass is 16.1. The Hall–Kier alpha value is -2.29. The molecule has 20 heavy (non-hydrogen) atoms. The molecule has 0 radical (unpaired) electrons. The van der Waals surface area contributed by atoms with Gasteiger partial charge in [-0.3, -0.25) is 4.79 Å². The van der Waals surface area contributed by atoms with Crippen molar-refractivity contribution in [2.75, 3.05) is 17.6 Å². The van der Waals surface area contributed by atoms with Crippen molar-refractivity contribution in [3.8, 4) is 0 Å². The second-order valence-electron chi connectivity index (χ2n) is 5.04. The van der Waals surface area contributed by atoms with Crippen LogP contribution in [-0.2, 0) is 0 Å². The van der Waals surface area contributed by atoms with E-state index in [9.17, 15) is 4.79 Å². The maximum absolute atomic E-state index is 12.1. The van der Waals surface area contributed by atoms with E-state index in [1.54, 1.807) is 6.07 Å². The minimum absolute atomic E-state index is 0.108. The predicted molar refractivity (Wildman–Crippen MR) is 84.2 cm³/mol. The molecule has 2 aromatic rings. The molecular weight excluding hydrogens is 248 g/mol. The van der Waals surface area contributed by atoms with Gasteiger partial charge in [0, 0.05) is 29.9 Å². The van der Waals surface area contributed by atoms with Crippen molar-refractivity contribution < 1.29 is 4.79 Å². The molecule has 0 aromatic heterocycles. The van der Waals surface area contributed by atoms with Gasteiger partial charge in [0.15, 0.2) is 5.78 Å². The zero-order valence-corrected chi connectivity index (χ0v) is 11.9. The van der Waals surface area contributed by atoms with Crippen LogP contribution in [0.4, 0.5) is 11.4 Å². The van der Waals surface area contributed by atoms with Crippen molar-refractivity contribution in [2.45, 2.75) is 20.3 Å². The zero-order chi connectivity index (χ0) is 14.5. The summed E-state index contributed by atoms with van der Waals surface area (Å²) in [6, 6.07) is 13.6. The van der Waals surface area contributed by atoms with Crippen molar-refractivity contribution >= 4 is 17.2 Å². The predicted octanol–water partition coefficient (Wildman–Crippen LogP) is 3.57. The molecular formula is C17H20N2O. The lowest BCUT2D eigenvalue weighted by atomic mass is 10.0. The lowest BCUT2D eigenvalue weighted by Gasteiger charge is -2.07. The summed E-state index contributed by atoms with van der Waals surface area (Å²) in [5, 5.41) is 3.25. The normalized spacial score (nSPS) is 10.3. The number of aryl methyl sites for hydroxylation is 2. The molecule has 0 aliphatic rings. The minimum Gasteiger partial charge on any atom is -0.398 e. The molecule has 2 aromatic carbocycles. The molecule has 0 bridgehead atoms. The highest BCUT2D eigenvalue weighted by molar-refractivity contribution is 5.97. The van der Waals surface area contributed by atoms with Crippen LogP contribution in [0, 0.1) is 13.8 Å². The molecule has 0 atom stereocenters. The van der Waals surface area contributed by atoms with Crippen molar-refractivity contribution in [1.29, 1.82) is 0 Å². The number of hydrogen-bond acceptors (Lipinski definition) is 3. The van der Waals surface area contributed by atoms with Crippen LogP contribution in [0.2, 0.25) is 0 Å². The van der Waals surface area contributed by atoms with E-state index in [1.165, 1.54) is 5.56 Å². The second kappa shape index (κ2) is 6.24. The summed E-state index contributed by atoms with van der Waals surface area (Å²) in [5.74, 6) is 0.108. The number of Topliss-reactive ketones (excluding diaryl/α,β-unsaturated/α-hetero) is 1. The van der Waals surface area contributed by atoms with Crippen LogP contribution in [0.25, 0.3) is 0 Å². The first kappa shape index (κ1) is 14.1. The van der Waals surface area contributed by atoms with Crippen LogP contribution in [0.5, 0.6) is 0 Å². The van der Waals surface area contributed by atoms with Crippen molar-refractivity contribution in [2.24, 2.45) is 0 Å². The van der Waals surface area contributed by atoms with E-state index in [2.05, 4.69) is 12.2 Å². The molecule has 0 spiro atoms. The monoisotopic (exact) mass is 268 g/mol. The van der Waals surface area contributed by atoms with Gasteiger partial charge in [-0.2, -0.15) is 0 Å². The third kappa shape index (κ3) is 3.60. The SMILES string of the molecule is Cc1ccc(NCCC(=O)c2ccc(C)c(N)c2)cc1. The summed E-state index contributed by atoms with van der Waals surface area (Å²) in [4.78, 5) is 12.1. The van der Waals surface area contributed by atoms with E-state index in [0.29, 0.717) is 24.2 Å². The molecule has 0 amide bonds. The number of rotatable bonds is 5. The number of nitrogens with two attached hydrogens (primary N) is 1. The number of carbonyl (C=O) groups is 1. The largest absolute Gasteiger partial charge is 0.398 e. The molecule has 2 rings (SSSR count). The Labute approximate surface area is 119 Å². The molecule has 0 saturated carbocycles. The van der Waals surface area contributed by atoms with Gasteiger partial charge in [-0.05, 0) is 37.6 Å². The molecule has 0 saturated heterocycles. The third-order valence-corrected chi connectivity index (χ3v) is 3.33. The van der Waals surface area contributed by atoms with Gasteiger partial charge < -0.3 is 11.1 Å². The first-order valence-electron chi connectivity index (χ1n) is 6.76. The Kier molecular flexibility index (Phi) is 4.41. The number of benzene rings is 2. The Balaban J connectivity index is 1.88. The summed E-state index contributed by atoms with van der Waals surface area (Å²) in [6.45, 7) is 4.60. The molecule has 0 unspecified atom stereocenters. The van der Waals surface area contributed by atoms with Gasteiger partial charge in [-0.1, -0.05) is 29.8 Å². The molecule has 0 fully saturated rings. The first-order valence-corrected chi connectivity index (χ1v) is 6.76. The molecule has 3 heteroatoms. The van der Waals surface area contributed by atoms with Crippen LogP contribution in [0.15, 0.2) is 42.5 Å². The maximum Gasteiger partial charge on any atom is 0.164 e. The smallest absolute Gasteiger partial charge is 0.164 e. The highest BCUT2D eigenvalue weighted by Gasteiger charge is 2.06. The first-order chi connectivity index (χ1) is 9.56. The minimum atomic E-state index is 0.108. The van der Waals surface area contributed by atoms with Gasteiger partial charge in [0.05, 0.1) is 0 Å². The Morgan fingerprint density at radius 2 is 1.80 bits per heavy atom. The van der Waals surface area contributed by atoms with Gasteiger partial charge in [0.2, 0.25) is 0 Å². The van der Waals surface area contributed by atoms with Crippen LogP contribution < -0.4 is 11.1 Å². The molecule has 104 valence electrons. The summed E-state index contributed by atoms with van der Waals surface area (Å²) in [5.41, 5.74) is 10.4. The summed E-state index contributed by atoms with van der Waals surface area (Å²) >= 11 is 0. The Morgan fingerprint density at radius 1 is 1.10 bits per heavy atom. The summed E-state index contributed by atoms with van der Waals surface area (Å²) in [6.07, 6.45) is 0.455. The van der Waals surface area contributed by atoms with Gasteiger partial charge in [-0.25, -0.2) is 0 Å². The van der Waals surface area contributed by atoms with E-state index in [1.807, 2.05) is 43.3 Å². The second-order valence-corrected chi connectivity index (χ2v) is 5.04. The Bertz CT molecular complexity index is 603. The molecule has 0 aliphatic heterocycles. The van der Waals surface area contributed by atoms with Crippen LogP contribution in [0.3, 0.4) is 0 Å². The van der Waals surface area contributed by atoms with Crippen molar-refractivity contribution in [3.05, 3.63) is 59.2 Å². The van der Waals surface area contributed by atoms with E-state index >= 15 is 0 Å². The van der Waals surface area contributed by atoms with Crippen molar-refractivity contribution in [1.82, 2.24) is 0 Å². The number of nitrogen functional groups attached to an aromatic ring is 1. The number of anilines is 2. The topological polar surface area (TPSA) is 55.1 Å². The quantitative estimate of drug-likeness (QED) is 0.644. The van der Waals surface area contributed by atoms with Crippen molar-refractivity contribution in [3.63, 3.8) is 0 Å².